The van der Waals surface area contributed by atoms with E-state index in [4.69, 9.17) is 27.9 Å². The van der Waals surface area contributed by atoms with Gasteiger partial charge in [0.15, 0.2) is 0 Å². The Morgan fingerprint density at radius 1 is 1.04 bits per heavy atom. The van der Waals surface area contributed by atoms with Crippen LogP contribution in [0.4, 0.5) is 17.2 Å². The molecule has 0 aliphatic heterocycles. The Hall–Kier alpha value is -2.76. The number of anilines is 3. The van der Waals surface area contributed by atoms with Gasteiger partial charge in [-0.15, -0.1) is 0 Å². The van der Waals surface area contributed by atoms with Gasteiger partial charge < -0.3 is 15.4 Å². The fourth-order valence-corrected chi connectivity index (χ4v) is 2.71. The van der Waals surface area contributed by atoms with Crippen molar-refractivity contribution in [3.63, 3.8) is 0 Å². The molecule has 0 saturated heterocycles. The lowest BCUT2D eigenvalue weighted by Crippen LogP contribution is -2.12. The number of nitrogens with one attached hydrogen (secondary N) is 2. The summed E-state index contributed by atoms with van der Waals surface area (Å²) in [6.45, 7) is 0. The van der Waals surface area contributed by atoms with Crippen LogP contribution in [0, 0.1) is 0 Å². The third-order valence-corrected chi connectivity index (χ3v) is 4.06. The minimum atomic E-state index is -0.265. The number of amides is 1. The first-order valence-corrected chi connectivity index (χ1v) is 8.44. The molecule has 2 N–H and O–H groups in total. The van der Waals surface area contributed by atoms with Crippen molar-refractivity contribution in [3.05, 3.63) is 76.4 Å². The average molecular weight is 388 g/mol. The van der Waals surface area contributed by atoms with Gasteiger partial charge in [-0.3, -0.25) is 4.79 Å². The van der Waals surface area contributed by atoms with Crippen LogP contribution in [0.3, 0.4) is 0 Å². The molecule has 2 aromatic carbocycles. The number of methoxy groups -OCH3 is 1. The maximum atomic E-state index is 12.3. The van der Waals surface area contributed by atoms with Gasteiger partial charge in [0.1, 0.15) is 11.6 Å². The molecule has 0 spiro atoms. The highest BCUT2D eigenvalue weighted by atomic mass is 35.5. The molecule has 0 bridgehead atoms. The lowest BCUT2D eigenvalue weighted by atomic mass is 10.2. The van der Waals surface area contributed by atoms with Gasteiger partial charge in [0.05, 0.1) is 17.7 Å². The number of halogens is 2. The van der Waals surface area contributed by atoms with Crippen molar-refractivity contribution in [3.8, 4) is 5.75 Å². The molecular weight excluding hydrogens is 373 g/mol. The van der Waals surface area contributed by atoms with Crippen molar-refractivity contribution in [1.29, 1.82) is 0 Å². The Morgan fingerprint density at radius 2 is 1.88 bits per heavy atom. The minimum absolute atomic E-state index is 0.265. The number of pyridine rings is 1. The largest absolute Gasteiger partial charge is 0.495 e. The van der Waals surface area contributed by atoms with E-state index in [1.807, 2.05) is 6.07 Å². The summed E-state index contributed by atoms with van der Waals surface area (Å²) in [6, 6.07) is 15.7. The second-order valence-corrected chi connectivity index (χ2v) is 6.21. The number of nitrogens with zero attached hydrogens (tertiary/aromatic N) is 1. The lowest BCUT2D eigenvalue weighted by molar-refractivity contribution is 0.102. The van der Waals surface area contributed by atoms with E-state index in [0.29, 0.717) is 32.9 Å². The molecule has 26 heavy (non-hydrogen) atoms. The van der Waals surface area contributed by atoms with Crippen LogP contribution in [0.15, 0.2) is 60.8 Å². The Morgan fingerprint density at radius 3 is 2.54 bits per heavy atom. The topological polar surface area (TPSA) is 63.2 Å². The second kappa shape index (κ2) is 8.08. The summed E-state index contributed by atoms with van der Waals surface area (Å²) in [4.78, 5) is 16.5. The van der Waals surface area contributed by atoms with E-state index in [2.05, 4.69) is 15.6 Å². The molecule has 132 valence electrons. The molecule has 0 radical (unpaired) electrons. The summed E-state index contributed by atoms with van der Waals surface area (Å²) in [7, 11) is 1.56. The van der Waals surface area contributed by atoms with E-state index in [1.165, 1.54) is 6.20 Å². The van der Waals surface area contributed by atoms with Gasteiger partial charge in [-0.25, -0.2) is 4.98 Å². The zero-order chi connectivity index (χ0) is 18.5. The summed E-state index contributed by atoms with van der Waals surface area (Å²) in [6.07, 6.45) is 1.49. The smallest absolute Gasteiger partial charge is 0.257 e. The monoisotopic (exact) mass is 387 g/mol. The molecule has 0 saturated carbocycles. The van der Waals surface area contributed by atoms with Crippen molar-refractivity contribution < 1.29 is 9.53 Å². The van der Waals surface area contributed by atoms with Crippen molar-refractivity contribution in [2.45, 2.75) is 0 Å². The van der Waals surface area contributed by atoms with Crippen LogP contribution >= 0.6 is 23.2 Å². The number of hydrogen-bond donors (Lipinski definition) is 2. The molecule has 3 rings (SSSR count). The predicted molar refractivity (Wildman–Crippen MR) is 105 cm³/mol. The summed E-state index contributed by atoms with van der Waals surface area (Å²) in [5, 5.41) is 6.94. The highest BCUT2D eigenvalue weighted by Gasteiger charge is 2.08. The normalized spacial score (nSPS) is 10.3. The first kappa shape index (κ1) is 18.0. The number of benzene rings is 2. The molecule has 7 heteroatoms. The maximum absolute atomic E-state index is 12.3. The van der Waals surface area contributed by atoms with Gasteiger partial charge in [-0.05, 0) is 48.5 Å². The number of ether oxygens (including phenoxy) is 1. The lowest BCUT2D eigenvalue weighted by Gasteiger charge is -2.09. The number of hydrogen-bond acceptors (Lipinski definition) is 4. The van der Waals surface area contributed by atoms with Crippen molar-refractivity contribution in [1.82, 2.24) is 4.98 Å². The summed E-state index contributed by atoms with van der Waals surface area (Å²) < 4.78 is 5.12. The molecule has 1 amide bonds. The molecular formula is C19H15Cl2N3O2. The molecule has 3 aromatic rings. The van der Waals surface area contributed by atoms with E-state index < -0.39 is 0 Å². The SMILES string of the molecule is COc1ccc(Nc2ccc(C(=O)Nc3cccc(Cl)c3)cn2)cc1Cl. The van der Waals surface area contributed by atoms with Crippen molar-refractivity contribution in [2.75, 3.05) is 17.7 Å². The van der Waals surface area contributed by atoms with Crippen LogP contribution in [0.1, 0.15) is 10.4 Å². The first-order valence-electron chi connectivity index (χ1n) is 7.69. The van der Waals surface area contributed by atoms with Gasteiger partial charge in [-0.1, -0.05) is 29.3 Å². The van der Waals surface area contributed by atoms with Crippen molar-refractivity contribution >= 4 is 46.3 Å². The van der Waals surface area contributed by atoms with Crippen LogP contribution in [0.5, 0.6) is 5.75 Å². The predicted octanol–water partition coefficient (Wildman–Crippen LogP) is 5.39. The Bertz CT molecular complexity index is 930. The van der Waals surface area contributed by atoms with Gasteiger partial charge in [0.2, 0.25) is 0 Å². The summed E-state index contributed by atoms with van der Waals surface area (Å²) in [5.74, 6) is 0.919. The second-order valence-electron chi connectivity index (χ2n) is 5.37. The van der Waals surface area contributed by atoms with Gasteiger partial charge in [-0.2, -0.15) is 0 Å². The number of aromatic nitrogens is 1. The Labute approximate surface area is 160 Å². The van der Waals surface area contributed by atoms with Crippen LogP contribution in [0.25, 0.3) is 0 Å². The van der Waals surface area contributed by atoms with E-state index in [1.54, 1.807) is 55.6 Å². The third-order valence-electron chi connectivity index (χ3n) is 3.53. The summed E-state index contributed by atoms with van der Waals surface area (Å²) >= 11 is 12.0. The van der Waals surface area contributed by atoms with Crippen LogP contribution < -0.4 is 15.4 Å². The third kappa shape index (κ3) is 4.45. The number of carbonyl (C=O) groups excluding carboxylic acids is 1. The van der Waals surface area contributed by atoms with E-state index in [0.717, 1.165) is 5.69 Å². The molecule has 5 nitrogen and oxygen atoms in total. The molecule has 0 aliphatic carbocycles. The molecule has 1 aromatic heterocycles. The zero-order valence-corrected chi connectivity index (χ0v) is 15.3. The molecule has 1 heterocycles. The van der Waals surface area contributed by atoms with Crippen LogP contribution in [-0.4, -0.2) is 18.0 Å². The van der Waals surface area contributed by atoms with Gasteiger partial charge in [0, 0.05) is 22.6 Å². The highest BCUT2D eigenvalue weighted by Crippen LogP contribution is 2.28. The molecule has 0 unspecified atom stereocenters. The minimum Gasteiger partial charge on any atom is -0.495 e. The van der Waals surface area contributed by atoms with E-state index >= 15 is 0 Å². The first-order chi connectivity index (χ1) is 12.5. The quantitative estimate of drug-likeness (QED) is 0.615. The average Bonchev–Trinajstić information content (AvgIpc) is 2.62. The van der Waals surface area contributed by atoms with Crippen LogP contribution in [0.2, 0.25) is 10.0 Å². The van der Waals surface area contributed by atoms with Gasteiger partial charge >= 0.3 is 0 Å². The molecule has 0 fully saturated rings. The zero-order valence-electron chi connectivity index (χ0n) is 13.8. The van der Waals surface area contributed by atoms with E-state index in [-0.39, 0.29) is 5.91 Å². The van der Waals surface area contributed by atoms with Crippen molar-refractivity contribution in [2.24, 2.45) is 0 Å². The van der Waals surface area contributed by atoms with Crippen LogP contribution in [-0.2, 0) is 0 Å². The maximum Gasteiger partial charge on any atom is 0.257 e. The number of rotatable bonds is 5. The van der Waals surface area contributed by atoms with E-state index in [9.17, 15) is 4.79 Å². The number of carbonyl (C=O) groups is 1. The molecule has 0 aliphatic rings. The summed E-state index contributed by atoms with van der Waals surface area (Å²) in [5.41, 5.74) is 1.82. The fourth-order valence-electron chi connectivity index (χ4n) is 2.26. The Kier molecular flexibility index (Phi) is 5.61. The standard InChI is InChI=1S/C19H15Cl2N3O2/c1-26-17-7-6-15(10-16(17)21)23-18-8-5-12(11-22-18)19(25)24-14-4-2-3-13(20)9-14/h2-11H,1H3,(H,22,23)(H,24,25). The fraction of sp³-hybridized carbons (Fsp3) is 0.0526. The Balaban J connectivity index is 1.68. The van der Waals surface area contributed by atoms with Gasteiger partial charge in [0.25, 0.3) is 5.91 Å². The molecule has 0 atom stereocenters. The highest BCUT2D eigenvalue weighted by molar-refractivity contribution is 6.32.